The van der Waals surface area contributed by atoms with Gasteiger partial charge in [-0.3, -0.25) is 0 Å². The summed E-state index contributed by atoms with van der Waals surface area (Å²) in [4.78, 5) is 11.8. The highest BCUT2D eigenvalue weighted by Crippen LogP contribution is 2.17. The van der Waals surface area contributed by atoms with Crippen molar-refractivity contribution < 1.29 is 4.79 Å². The Bertz CT molecular complexity index is 602. The molecule has 0 bridgehead atoms. The minimum Gasteiger partial charge on any atom is -0.338 e. The van der Waals surface area contributed by atoms with Crippen molar-refractivity contribution in [2.45, 2.75) is 38.1 Å². The summed E-state index contributed by atoms with van der Waals surface area (Å²) in [5.41, 5.74) is 2.02. The van der Waals surface area contributed by atoms with Gasteiger partial charge in [0.1, 0.15) is 0 Å². The van der Waals surface area contributed by atoms with E-state index in [9.17, 15) is 4.79 Å². The normalized spacial score (nSPS) is 14.9. The summed E-state index contributed by atoms with van der Waals surface area (Å²) in [5.74, 6) is 0. The lowest BCUT2D eigenvalue weighted by Gasteiger charge is -2.12. The number of nitrogens with zero attached hydrogens (tertiary/aromatic N) is 2. The van der Waals surface area contributed by atoms with Crippen molar-refractivity contribution in [1.82, 2.24) is 20.4 Å². The van der Waals surface area contributed by atoms with Gasteiger partial charge in [-0.1, -0.05) is 31.0 Å². The number of hydrogen-bond donors (Lipinski definition) is 2. The van der Waals surface area contributed by atoms with Crippen LogP contribution in [0.1, 0.15) is 31.4 Å². The molecule has 0 aliphatic heterocycles. The first-order valence-corrected chi connectivity index (χ1v) is 7.95. The zero-order chi connectivity index (χ0) is 15.2. The second-order valence-electron chi connectivity index (χ2n) is 5.72. The maximum absolute atomic E-state index is 11.8. The molecule has 1 aromatic carbocycles. The van der Waals surface area contributed by atoms with E-state index >= 15 is 0 Å². The number of para-hydroxylation sites is 1. The van der Waals surface area contributed by atoms with Crippen LogP contribution in [0.25, 0.3) is 5.69 Å². The lowest BCUT2D eigenvalue weighted by molar-refractivity contribution is 0.237. The average Bonchev–Trinajstić information content (AvgIpc) is 3.20. The third-order valence-corrected chi connectivity index (χ3v) is 4.02. The summed E-state index contributed by atoms with van der Waals surface area (Å²) in [6.45, 7) is 0.602. The van der Waals surface area contributed by atoms with Gasteiger partial charge in [-0.25, -0.2) is 9.48 Å². The zero-order valence-electron chi connectivity index (χ0n) is 12.7. The Labute approximate surface area is 130 Å². The highest BCUT2D eigenvalue weighted by molar-refractivity contribution is 5.74. The van der Waals surface area contributed by atoms with Gasteiger partial charge in [-0.15, -0.1) is 0 Å². The zero-order valence-corrected chi connectivity index (χ0v) is 12.7. The monoisotopic (exact) mass is 298 g/mol. The third-order valence-electron chi connectivity index (χ3n) is 4.02. The summed E-state index contributed by atoms with van der Waals surface area (Å²) >= 11 is 0. The molecule has 1 aromatic heterocycles. The van der Waals surface area contributed by atoms with E-state index in [0.29, 0.717) is 12.6 Å². The van der Waals surface area contributed by atoms with Crippen LogP contribution < -0.4 is 10.6 Å². The molecule has 116 valence electrons. The summed E-state index contributed by atoms with van der Waals surface area (Å²) in [5, 5.41) is 10.5. The van der Waals surface area contributed by atoms with E-state index in [2.05, 4.69) is 15.7 Å². The van der Waals surface area contributed by atoms with Crippen LogP contribution in [-0.2, 0) is 6.42 Å². The summed E-state index contributed by atoms with van der Waals surface area (Å²) in [7, 11) is 0. The van der Waals surface area contributed by atoms with E-state index in [-0.39, 0.29) is 6.03 Å². The minimum atomic E-state index is -0.0607. The van der Waals surface area contributed by atoms with Gasteiger partial charge < -0.3 is 10.6 Å². The van der Waals surface area contributed by atoms with Gasteiger partial charge in [0.05, 0.1) is 11.4 Å². The van der Waals surface area contributed by atoms with Crippen LogP contribution in [0.3, 0.4) is 0 Å². The number of rotatable bonds is 5. The maximum Gasteiger partial charge on any atom is 0.315 e. The van der Waals surface area contributed by atoms with E-state index in [1.165, 1.54) is 12.8 Å². The third kappa shape index (κ3) is 3.87. The molecule has 0 spiro atoms. The first-order valence-electron chi connectivity index (χ1n) is 7.95. The predicted octanol–water partition coefficient (Wildman–Crippen LogP) is 2.66. The largest absolute Gasteiger partial charge is 0.338 e. The fourth-order valence-corrected chi connectivity index (χ4v) is 2.83. The highest BCUT2D eigenvalue weighted by atomic mass is 16.2. The second kappa shape index (κ2) is 7.11. The molecule has 1 aliphatic rings. The lowest BCUT2D eigenvalue weighted by Crippen LogP contribution is -2.41. The van der Waals surface area contributed by atoms with Gasteiger partial charge in [0.25, 0.3) is 0 Å². The number of nitrogens with one attached hydrogen (secondary N) is 2. The Morgan fingerprint density at radius 3 is 2.73 bits per heavy atom. The molecule has 2 amide bonds. The summed E-state index contributed by atoms with van der Waals surface area (Å²) in [6, 6.07) is 12.3. The minimum absolute atomic E-state index is 0.0607. The van der Waals surface area contributed by atoms with Crippen molar-refractivity contribution in [3.63, 3.8) is 0 Å². The molecule has 1 heterocycles. The number of hydrogen-bond acceptors (Lipinski definition) is 2. The first-order chi connectivity index (χ1) is 10.8. The van der Waals surface area contributed by atoms with Crippen LogP contribution in [0.15, 0.2) is 42.6 Å². The number of amides is 2. The van der Waals surface area contributed by atoms with E-state index in [0.717, 1.165) is 30.6 Å². The molecule has 22 heavy (non-hydrogen) atoms. The van der Waals surface area contributed by atoms with Crippen molar-refractivity contribution in [3.05, 3.63) is 48.3 Å². The molecule has 0 atom stereocenters. The lowest BCUT2D eigenvalue weighted by atomic mass is 10.2. The van der Waals surface area contributed by atoms with E-state index in [1.807, 2.05) is 47.3 Å². The van der Waals surface area contributed by atoms with Crippen LogP contribution in [0.2, 0.25) is 0 Å². The van der Waals surface area contributed by atoms with E-state index < -0.39 is 0 Å². The molecule has 1 fully saturated rings. The topological polar surface area (TPSA) is 59.0 Å². The molecular weight excluding hydrogens is 276 g/mol. The van der Waals surface area contributed by atoms with Crippen molar-refractivity contribution in [3.8, 4) is 5.69 Å². The number of benzene rings is 1. The fraction of sp³-hybridized carbons (Fsp3) is 0.412. The van der Waals surface area contributed by atoms with Crippen LogP contribution in [-0.4, -0.2) is 28.4 Å². The molecular formula is C17H22N4O. The Hall–Kier alpha value is -2.30. The molecule has 2 N–H and O–H groups in total. The van der Waals surface area contributed by atoms with Crippen molar-refractivity contribution in [2.75, 3.05) is 6.54 Å². The van der Waals surface area contributed by atoms with Gasteiger partial charge in [-0.2, -0.15) is 5.10 Å². The van der Waals surface area contributed by atoms with Crippen molar-refractivity contribution >= 4 is 6.03 Å². The standard InChI is InChI=1S/C17H22N4O/c22-17(19-14-6-4-5-7-14)18-12-10-15-11-13-21(20-15)16-8-2-1-3-9-16/h1-3,8-9,11,13-14H,4-7,10,12H2,(H2,18,19,22). The van der Waals surface area contributed by atoms with E-state index in [4.69, 9.17) is 0 Å². The predicted molar refractivity (Wildman–Crippen MR) is 86.1 cm³/mol. The second-order valence-corrected chi connectivity index (χ2v) is 5.72. The highest BCUT2D eigenvalue weighted by Gasteiger charge is 2.16. The number of carbonyl (C=O) groups is 1. The Morgan fingerprint density at radius 1 is 1.18 bits per heavy atom. The Morgan fingerprint density at radius 2 is 1.95 bits per heavy atom. The maximum atomic E-state index is 11.8. The molecule has 1 saturated carbocycles. The molecule has 0 saturated heterocycles. The fourth-order valence-electron chi connectivity index (χ4n) is 2.83. The first kappa shape index (κ1) is 14.6. The van der Waals surface area contributed by atoms with Gasteiger partial charge >= 0.3 is 6.03 Å². The van der Waals surface area contributed by atoms with Crippen LogP contribution >= 0.6 is 0 Å². The van der Waals surface area contributed by atoms with Crippen LogP contribution in [0.5, 0.6) is 0 Å². The smallest absolute Gasteiger partial charge is 0.315 e. The van der Waals surface area contributed by atoms with E-state index in [1.54, 1.807) is 0 Å². The number of urea groups is 1. The molecule has 0 radical (unpaired) electrons. The van der Waals surface area contributed by atoms with Crippen molar-refractivity contribution in [2.24, 2.45) is 0 Å². The Balaban J connectivity index is 1.44. The van der Waals surface area contributed by atoms with Gasteiger partial charge in [-0.05, 0) is 31.0 Å². The SMILES string of the molecule is O=C(NCCc1ccn(-c2ccccc2)n1)NC1CCCC1. The quantitative estimate of drug-likeness (QED) is 0.891. The van der Waals surface area contributed by atoms with Gasteiger partial charge in [0.15, 0.2) is 0 Å². The number of carbonyl (C=O) groups excluding carboxylic acids is 1. The molecule has 5 nitrogen and oxygen atoms in total. The molecule has 3 rings (SSSR count). The summed E-state index contributed by atoms with van der Waals surface area (Å²) < 4.78 is 1.86. The summed E-state index contributed by atoms with van der Waals surface area (Å²) in [6.07, 6.45) is 7.34. The van der Waals surface area contributed by atoms with Gasteiger partial charge in [0, 0.05) is 25.2 Å². The molecule has 5 heteroatoms. The molecule has 1 aliphatic carbocycles. The van der Waals surface area contributed by atoms with Crippen LogP contribution in [0, 0.1) is 0 Å². The number of aromatic nitrogens is 2. The average molecular weight is 298 g/mol. The molecule has 0 unspecified atom stereocenters. The van der Waals surface area contributed by atoms with Crippen LogP contribution in [0.4, 0.5) is 4.79 Å². The van der Waals surface area contributed by atoms with Crippen molar-refractivity contribution in [1.29, 1.82) is 0 Å². The Kier molecular flexibility index (Phi) is 4.73. The van der Waals surface area contributed by atoms with Gasteiger partial charge in [0.2, 0.25) is 0 Å². The molecule has 2 aromatic rings.